The number of hydrazine groups is 1. The summed E-state index contributed by atoms with van der Waals surface area (Å²) in [4.78, 5) is 4.27. The van der Waals surface area contributed by atoms with E-state index in [1.165, 1.54) is 0 Å². The highest BCUT2D eigenvalue weighted by Gasteiger charge is 1.97. The molecule has 0 aliphatic heterocycles. The fourth-order valence-corrected chi connectivity index (χ4v) is 1.10. The molecule has 0 aliphatic carbocycles. The second kappa shape index (κ2) is 6.02. The fraction of sp³-hybridized carbons (Fsp3) is 0.556. The number of guanidine groups is 1. The van der Waals surface area contributed by atoms with Crippen molar-refractivity contribution in [3.8, 4) is 0 Å². The maximum Gasteiger partial charge on any atom is 0.205 e. The summed E-state index contributed by atoms with van der Waals surface area (Å²) in [5, 5.41) is 7.17. The van der Waals surface area contributed by atoms with Crippen LogP contribution >= 0.6 is 0 Å². The predicted octanol–water partition coefficient (Wildman–Crippen LogP) is -0.300. The van der Waals surface area contributed by atoms with Crippen LogP contribution in [0.2, 0.25) is 0 Å². The predicted molar refractivity (Wildman–Crippen MR) is 60.1 cm³/mol. The van der Waals surface area contributed by atoms with Gasteiger partial charge in [0.05, 0.1) is 13.1 Å². The topological polar surface area (TPSA) is 80.3 Å². The van der Waals surface area contributed by atoms with E-state index in [2.05, 4.69) is 20.8 Å². The molecule has 0 spiro atoms. The summed E-state index contributed by atoms with van der Waals surface area (Å²) < 4.78 is 1.83. The molecule has 0 unspecified atom stereocenters. The monoisotopic (exact) mass is 210 g/mol. The zero-order valence-corrected chi connectivity index (χ0v) is 9.14. The zero-order valence-electron chi connectivity index (χ0n) is 9.14. The van der Waals surface area contributed by atoms with Crippen LogP contribution in [-0.4, -0.2) is 28.3 Å². The Morgan fingerprint density at radius 3 is 2.93 bits per heavy atom. The van der Waals surface area contributed by atoms with Gasteiger partial charge in [0.25, 0.3) is 0 Å². The van der Waals surface area contributed by atoms with Gasteiger partial charge in [-0.05, 0) is 19.9 Å². The van der Waals surface area contributed by atoms with Crippen LogP contribution in [0, 0.1) is 0 Å². The van der Waals surface area contributed by atoms with Crippen molar-refractivity contribution in [1.82, 2.24) is 20.5 Å². The molecule has 0 aromatic carbocycles. The van der Waals surface area contributed by atoms with Crippen molar-refractivity contribution in [3.63, 3.8) is 0 Å². The van der Waals surface area contributed by atoms with Crippen LogP contribution in [0.4, 0.5) is 0 Å². The van der Waals surface area contributed by atoms with Gasteiger partial charge in [0.15, 0.2) is 0 Å². The molecule has 0 fully saturated rings. The Morgan fingerprint density at radius 1 is 1.60 bits per heavy atom. The van der Waals surface area contributed by atoms with Gasteiger partial charge >= 0.3 is 0 Å². The van der Waals surface area contributed by atoms with Gasteiger partial charge in [-0.15, -0.1) is 0 Å². The van der Waals surface area contributed by atoms with Crippen LogP contribution in [0.1, 0.15) is 13.8 Å². The number of nitrogens with one attached hydrogen (secondary N) is 2. The molecule has 1 aromatic rings. The third kappa shape index (κ3) is 4.46. The Labute approximate surface area is 89.5 Å². The van der Waals surface area contributed by atoms with Crippen LogP contribution in [-0.2, 0) is 6.54 Å². The van der Waals surface area contributed by atoms with E-state index in [1.807, 2.05) is 30.8 Å². The number of hydrogen-bond acceptors (Lipinski definition) is 3. The minimum Gasteiger partial charge on any atom is -0.353 e. The largest absolute Gasteiger partial charge is 0.353 e. The van der Waals surface area contributed by atoms with Crippen molar-refractivity contribution in [3.05, 3.63) is 18.5 Å². The fourth-order valence-electron chi connectivity index (χ4n) is 1.10. The summed E-state index contributed by atoms with van der Waals surface area (Å²) in [5.41, 5.74) is 2.52. The van der Waals surface area contributed by atoms with E-state index >= 15 is 0 Å². The van der Waals surface area contributed by atoms with Gasteiger partial charge in [-0.3, -0.25) is 15.1 Å². The van der Waals surface area contributed by atoms with Crippen LogP contribution in [0.5, 0.6) is 0 Å². The highest BCUT2D eigenvalue weighted by molar-refractivity contribution is 5.79. The Kier molecular flexibility index (Phi) is 4.62. The molecular formula is C9H18N6. The first-order valence-electron chi connectivity index (χ1n) is 4.97. The summed E-state index contributed by atoms with van der Waals surface area (Å²) in [6.45, 7) is 5.44. The SMILES string of the molecule is CC(C)NC(=NCCn1cccn1)NN. The molecule has 0 aliphatic rings. The highest BCUT2D eigenvalue weighted by Crippen LogP contribution is 1.85. The van der Waals surface area contributed by atoms with Crippen molar-refractivity contribution < 1.29 is 0 Å². The lowest BCUT2D eigenvalue weighted by Gasteiger charge is -2.11. The van der Waals surface area contributed by atoms with Crippen molar-refractivity contribution in [2.24, 2.45) is 10.8 Å². The van der Waals surface area contributed by atoms with Gasteiger partial charge < -0.3 is 5.32 Å². The Morgan fingerprint density at radius 2 is 2.40 bits per heavy atom. The summed E-state index contributed by atoms with van der Waals surface area (Å²) in [7, 11) is 0. The van der Waals surface area contributed by atoms with Gasteiger partial charge in [-0.25, -0.2) is 5.84 Å². The van der Waals surface area contributed by atoms with Crippen LogP contribution in [0.25, 0.3) is 0 Å². The molecule has 0 bridgehead atoms. The molecule has 6 nitrogen and oxygen atoms in total. The molecule has 0 atom stereocenters. The molecule has 84 valence electrons. The number of rotatable bonds is 4. The lowest BCUT2D eigenvalue weighted by atomic mass is 10.4. The standard InChI is InChI=1S/C9H18N6/c1-8(2)13-9(14-10)11-5-7-15-6-3-4-12-15/h3-4,6,8H,5,7,10H2,1-2H3,(H2,11,13,14). The third-order valence-electron chi connectivity index (χ3n) is 1.72. The third-order valence-corrected chi connectivity index (χ3v) is 1.72. The smallest absolute Gasteiger partial charge is 0.205 e. The van der Waals surface area contributed by atoms with Gasteiger partial charge in [0, 0.05) is 18.4 Å². The van der Waals surface area contributed by atoms with E-state index in [0.29, 0.717) is 18.5 Å². The van der Waals surface area contributed by atoms with Crippen molar-refractivity contribution in [1.29, 1.82) is 0 Å². The quantitative estimate of drug-likeness (QED) is 0.276. The normalized spacial score (nSPS) is 11.9. The first kappa shape index (κ1) is 11.5. The van der Waals surface area contributed by atoms with E-state index in [4.69, 9.17) is 5.84 Å². The molecule has 0 amide bonds. The lowest BCUT2D eigenvalue weighted by Crippen LogP contribution is -2.44. The average molecular weight is 210 g/mol. The first-order chi connectivity index (χ1) is 7.22. The first-order valence-corrected chi connectivity index (χ1v) is 4.97. The Bertz CT molecular complexity index is 290. The van der Waals surface area contributed by atoms with Gasteiger partial charge in [0.1, 0.15) is 0 Å². The summed E-state index contributed by atoms with van der Waals surface area (Å²) in [5.74, 6) is 5.92. The molecule has 1 heterocycles. The molecule has 6 heteroatoms. The molecule has 15 heavy (non-hydrogen) atoms. The van der Waals surface area contributed by atoms with Crippen molar-refractivity contribution in [2.45, 2.75) is 26.4 Å². The lowest BCUT2D eigenvalue weighted by molar-refractivity contribution is 0.619. The average Bonchev–Trinajstić information content (AvgIpc) is 2.68. The van der Waals surface area contributed by atoms with Gasteiger partial charge in [0.2, 0.25) is 5.96 Å². The molecule has 1 rings (SSSR count). The van der Waals surface area contributed by atoms with Gasteiger partial charge in [-0.1, -0.05) is 0 Å². The second-order valence-electron chi connectivity index (χ2n) is 3.44. The molecule has 0 saturated heterocycles. The number of nitrogens with zero attached hydrogens (tertiary/aromatic N) is 3. The summed E-state index contributed by atoms with van der Waals surface area (Å²) in [6.07, 6.45) is 3.65. The second-order valence-corrected chi connectivity index (χ2v) is 3.44. The molecule has 0 saturated carbocycles. The van der Waals surface area contributed by atoms with E-state index in [1.54, 1.807) is 6.20 Å². The molecule has 0 radical (unpaired) electrons. The highest BCUT2D eigenvalue weighted by atomic mass is 15.3. The molecule has 4 N–H and O–H groups in total. The summed E-state index contributed by atoms with van der Waals surface area (Å²) in [6, 6.07) is 2.20. The maximum atomic E-state index is 5.31. The molecule has 1 aromatic heterocycles. The maximum absolute atomic E-state index is 5.31. The Hall–Kier alpha value is -1.56. The number of aliphatic imine (C=N–C) groups is 1. The minimum absolute atomic E-state index is 0.310. The molecular weight excluding hydrogens is 192 g/mol. The zero-order chi connectivity index (χ0) is 11.1. The summed E-state index contributed by atoms with van der Waals surface area (Å²) >= 11 is 0. The van der Waals surface area contributed by atoms with Crippen LogP contribution in [0.15, 0.2) is 23.5 Å². The Balaban J connectivity index is 2.34. The van der Waals surface area contributed by atoms with E-state index in [9.17, 15) is 0 Å². The number of nitrogens with two attached hydrogens (primary N) is 1. The van der Waals surface area contributed by atoms with Crippen molar-refractivity contribution in [2.75, 3.05) is 6.54 Å². The number of aromatic nitrogens is 2. The van der Waals surface area contributed by atoms with Crippen molar-refractivity contribution >= 4 is 5.96 Å². The van der Waals surface area contributed by atoms with E-state index in [0.717, 1.165) is 6.54 Å². The van der Waals surface area contributed by atoms with E-state index < -0.39 is 0 Å². The van der Waals surface area contributed by atoms with Crippen LogP contribution < -0.4 is 16.6 Å². The minimum atomic E-state index is 0.310. The van der Waals surface area contributed by atoms with Gasteiger partial charge in [-0.2, -0.15) is 5.10 Å². The van der Waals surface area contributed by atoms with E-state index in [-0.39, 0.29) is 0 Å². The number of hydrogen-bond donors (Lipinski definition) is 3. The van der Waals surface area contributed by atoms with Crippen LogP contribution in [0.3, 0.4) is 0 Å².